The van der Waals surface area contributed by atoms with Gasteiger partial charge in [0.1, 0.15) is 23.9 Å². The number of nitrogens with two attached hydrogens (primary N) is 1. The van der Waals surface area contributed by atoms with E-state index in [-0.39, 0.29) is 12.2 Å². The Morgan fingerprint density at radius 1 is 1.33 bits per heavy atom. The molecule has 1 unspecified atom stereocenters. The molecule has 0 radical (unpaired) electrons. The number of hydrogen-bond donors (Lipinski definition) is 3. The van der Waals surface area contributed by atoms with Gasteiger partial charge in [-0.1, -0.05) is 6.07 Å². The van der Waals surface area contributed by atoms with Crippen molar-refractivity contribution < 1.29 is 17.6 Å². The van der Waals surface area contributed by atoms with Crippen LogP contribution in [-0.2, 0) is 6.18 Å². The van der Waals surface area contributed by atoms with E-state index in [9.17, 15) is 22.8 Å². The Bertz CT molecular complexity index is 1130. The Morgan fingerprint density at radius 2 is 2.13 bits per heavy atom. The number of halogens is 4. The third-order valence-electron chi connectivity index (χ3n) is 5.19. The molecule has 3 aromatic rings. The molecule has 3 heterocycles. The summed E-state index contributed by atoms with van der Waals surface area (Å²) >= 11 is 0. The summed E-state index contributed by atoms with van der Waals surface area (Å²) in [6.45, 7) is 0.905. The SMILES string of the molecule is N#Cc1c[nH]c2ncnc(N3CCC(N)(CNc4cccc(C(F)(F)F)c4F)C3)c12. The first-order chi connectivity index (χ1) is 14.2. The van der Waals surface area contributed by atoms with Crippen molar-refractivity contribution in [2.24, 2.45) is 5.73 Å². The molecular weight excluding hydrogens is 402 g/mol. The van der Waals surface area contributed by atoms with Crippen LogP contribution in [0.1, 0.15) is 17.5 Å². The van der Waals surface area contributed by atoms with Gasteiger partial charge in [-0.3, -0.25) is 0 Å². The second-order valence-electron chi connectivity index (χ2n) is 7.29. The van der Waals surface area contributed by atoms with Crippen LogP contribution in [0.3, 0.4) is 0 Å². The number of aromatic nitrogens is 3. The number of anilines is 2. The third-order valence-corrected chi connectivity index (χ3v) is 5.19. The van der Waals surface area contributed by atoms with Gasteiger partial charge in [0.05, 0.1) is 27.7 Å². The van der Waals surface area contributed by atoms with Crippen molar-refractivity contribution in [3.05, 3.63) is 47.7 Å². The normalized spacial score (nSPS) is 19.3. The summed E-state index contributed by atoms with van der Waals surface area (Å²) in [6.07, 6.45) is -1.35. The fourth-order valence-electron chi connectivity index (χ4n) is 3.65. The molecule has 0 spiro atoms. The van der Waals surface area contributed by atoms with Crippen LogP contribution in [0.2, 0.25) is 0 Å². The van der Waals surface area contributed by atoms with Crippen LogP contribution in [0.25, 0.3) is 11.0 Å². The van der Waals surface area contributed by atoms with Gasteiger partial charge in [0.15, 0.2) is 5.82 Å². The molecule has 156 valence electrons. The third kappa shape index (κ3) is 3.50. The zero-order valence-corrected chi connectivity index (χ0v) is 15.6. The Labute approximate surface area is 168 Å². The van der Waals surface area contributed by atoms with Crippen molar-refractivity contribution in [3.8, 4) is 6.07 Å². The number of nitrogens with one attached hydrogen (secondary N) is 2. The number of rotatable bonds is 4. The molecule has 0 saturated carbocycles. The minimum absolute atomic E-state index is 0.0637. The number of aromatic amines is 1. The molecule has 4 rings (SSSR count). The molecule has 1 saturated heterocycles. The Hall–Kier alpha value is -3.39. The van der Waals surface area contributed by atoms with Crippen LogP contribution in [0.5, 0.6) is 0 Å². The maximum Gasteiger partial charge on any atom is 0.419 e. The summed E-state index contributed by atoms with van der Waals surface area (Å²) < 4.78 is 53.0. The number of hydrogen-bond acceptors (Lipinski definition) is 6. The average Bonchev–Trinajstić information content (AvgIpc) is 3.30. The molecule has 0 amide bonds. The molecule has 11 heteroatoms. The summed E-state index contributed by atoms with van der Waals surface area (Å²) in [5.74, 6) is -0.803. The topological polar surface area (TPSA) is 107 Å². The van der Waals surface area contributed by atoms with Gasteiger partial charge in [0.2, 0.25) is 0 Å². The predicted octanol–water partition coefficient (Wildman–Crippen LogP) is 3.01. The summed E-state index contributed by atoms with van der Waals surface area (Å²) in [5.41, 5.74) is 4.94. The standard InChI is InChI=1S/C19H17F4N7/c20-15-12(19(21,22)23)2-1-3-13(15)27-8-18(25)4-5-30(9-18)17-14-11(6-24)7-26-16(14)28-10-29-17/h1-3,7,10,27H,4-5,8-9,25H2,(H,26,28,29). The zero-order chi connectivity index (χ0) is 21.5. The minimum atomic E-state index is -4.78. The molecule has 1 atom stereocenters. The Balaban J connectivity index is 1.53. The molecule has 2 aromatic heterocycles. The molecule has 1 aliphatic rings. The molecule has 0 bridgehead atoms. The van der Waals surface area contributed by atoms with E-state index in [1.807, 2.05) is 4.90 Å². The molecule has 0 aliphatic carbocycles. The lowest BCUT2D eigenvalue weighted by atomic mass is 10.00. The van der Waals surface area contributed by atoms with Gasteiger partial charge in [-0.2, -0.15) is 18.4 Å². The van der Waals surface area contributed by atoms with Gasteiger partial charge < -0.3 is 20.9 Å². The maximum atomic E-state index is 14.2. The van der Waals surface area contributed by atoms with Gasteiger partial charge in [-0.15, -0.1) is 0 Å². The van der Waals surface area contributed by atoms with Crippen molar-refractivity contribution in [1.82, 2.24) is 15.0 Å². The summed E-state index contributed by atoms with van der Waals surface area (Å²) in [6, 6.07) is 5.17. The summed E-state index contributed by atoms with van der Waals surface area (Å²) in [5, 5.41) is 12.6. The van der Waals surface area contributed by atoms with Crippen molar-refractivity contribution >= 4 is 22.5 Å². The fourth-order valence-corrected chi connectivity index (χ4v) is 3.65. The number of benzene rings is 1. The smallest absolute Gasteiger partial charge is 0.381 e. The first kappa shape index (κ1) is 19.9. The van der Waals surface area contributed by atoms with Crippen LogP contribution < -0.4 is 16.0 Å². The number of nitriles is 1. The minimum Gasteiger partial charge on any atom is -0.381 e. The molecule has 4 N–H and O–H groups in total. The predicted molar refractivity (Wildman–Crippen MR) is 102 cm³/mol. The van der Waals surface area contributed by atoms with Crippen LogP contribution >= 0.6 is 0 Å². The highest BCUT2D eigenvalue weighted by atomic mass is 19.4. The van der Waals surface area contributed by atoms with Crippen LogP contribution in [0.4, 0.5) is 29.1 Å². The van der Waals surface area contributed by atoms with E-state index < -0.39 is 23.1 Å². The molecule has 1 aliphatic heterocycles. The first-order valence-corrected chi connectivity index (χ1v) is 9.07. The lowest BCUT2D eigenvalue weighted by molar-refractivity contribution is -0.139. The first-order valence-electron chi connectivity index (χ1n) is 9.07. The highest BCUT2D eigenvalue weighted by molar-refractivity contribution is 5.93. The van der Waals surface area contributed by atoms with Gasteiger partial charge in [0, 0.05) is 25.8 Å². The fraction of sp³-hybridized carbons (Fsp3) is 0.316. The van der Waals surface area contributed by atoms with Crippen LogP contribution in [-0.4, -0.2) is 40.1 Å². The zero-order valence-electron chi connectivity index (χ0n) is 15.6. The van der Waals surface area contributed by atoms with E-state index >= 15 is 0 Å². The van der Waals surface area contributed by atoms with Crippen molar-refractivity contribution in [1.29, 1.82) is 5.26 Å². The van der Waals surface area contributed by atoms with Gasteiger partial charge in [-0.05, 0) is 18.6 Å². The van der Waals surface area contributed by atoms with E-state index in [4.69, 9.17) is 5.73 Å². The quantitative estimate of drug-likeness (QED) is 0.562. The lowest BCUT2D eigenvalue weighted by Crippen LogP contribution is -2.48. The highest BCUT2D eigenvalue weighted by Gasteiger charge is 2.38. The number of alkyl halides is 3. The molecular formula is C19H17F4N7. The monoisotopic (exact) mass is 419 g/mol. The second-order valence-corrected chi connectivity index (χ2v) is 7.29. The van der Waals surface area contributed by atoms with Gasteiger partial charge in [-0.25, -0.2) is 14.4 Å². The largest absolute Gasteiger partial charge is 0.419 e. The van der Waals surface area contributed by atoms with E-state index in [0.717, 1.165) is 6.07 Å². The van der Waals surface area contributed by atoms with Crippen LogP contribution in [0.15, 0.2) is 30.7 Å². The highest BCUT2D eigenvalue weighted by Crippen LogP contribution is 2.35. The van der Waals surface area contributed by atoms with E-state index in [2.05, 4.69) is 26.3 Å². The number of nitrogens with zero attached hydrogens (tertiary/aromatic N) is 4. The average molecular weight is 419 g/mol. The summed E-state index contributed by atoms with van der Waals surface area (Å²) in [7, 11) is 0. The van der Waals surface area contributed by atoms with Crippen molar-refractivity contribution in [2.45, 2.75) is 18.1 Å². The van der Waals surface area contributed by atoms with Crippen molar-refractivity contribution in [2.75, 3.05) is 29.9 Å². The Kier molecular flexibility index (Phi) is 4.74. The lowest BCUT2D eigenvalue weighted by Gasteiger charge is -2.26. The molecule has 1 aromatic carbocycles. The second kappa shape index (κ2) is 7.14. The molecule has 7 nitrogen and oxygen atoms in total. The van der Waals surface area contributed by atoms with E-state index in [1.54, 1.807) is 6.20 Å². The Morgan fingerprint density at radius 3 is 2.87 bits per heavy atom. The number of fused-ring (bicyclic) bond motifs is 1. The van der Waals surface area contributed by atoms with Crippen LogP contribution in [0, 0.1) is 17.1 Å². The maximum absolute atomic E-state index is 14.2. The number of H-pyrrole nitrogens is 1. The van der Waals surface area contributed by atoms with E-state index in [0.29, 0.717) is 48.0 Å². The van der Waals surface area contributed by atoms with Gasteiger partial charge in [0.25, 0.3) is 0 Å². The molecule has 1 fully saturated rings. The van der Waals surface area contributed by atoms with Crippen molar-refractivity contribution in [3.63, 3.8) is 0 Å². The van der Waals surface area contributed by atoms with E-state index in [1.165, 1.54) is 12.4 Å². The summed E-state index contributed by atoms with van der Waals surface area (Å²) in [4.78, 5) is 13.2. The van der Waals surface area contributed by atoms with Gasteiger partial charge >= 0.3 is 6.18 Å². The molecule has 30 heavy (non-hydrogen) atoms.